The second kappa shape index (κ2) is 5.48. The lowest BCUT2D eigenvalue weighted by Gasteiger charge is -2.05. The topological polar surface area (TPSA) is 44.1 Å². The van der Waals surface area contributed by atoms with Crippen molar-refractivity contribution < 1.29 is 13.9 Å². The molecule has 110 valence electrons. The first-order valence-electron chi connectivity index (χ1n) is 6.65. The summed E-state index contributed by atoms with van der Waals surface area (Å²) in [5.74, 6) is -0.353. The van der Waals surface area contributed by atoms with Gasteiger partial charge >= 0.3 is 5.97 Å². The fourth-order valence-corrected chi connectivity index (χ4v) is 2.52. The van der Waals surface area contributed by atoms with Crippen LogP contribution < -0.4 is 0 Å². The predicted molar refractivity (Wildman–Crippen MR) is 75.3 cm³/mol. The molecule has 0 bridgehead atoms. The van der Waals surface area contributed by atoms with E-state index in [0.717, 1.165) is 0 Å². The molecule has 0 spiro atoms. The van der Waals surface area contributed by atoms with E-state index in [1.54, 1.807) is 29.8 Å². The van der Waals surface area contributed by atoms with Crippen LogP contribution in [0.2, 0.25) is 5.15 Å². The molecular formula is C15H14ClFN2O2. The zero-order chi connectivity index (χ0) is 15.0. The third-order valence-electron chi connectivity index (χ3n) is 3.77. The predicted octanol–water partition coefficient (Wildman–Crippen LogP) is 3.06. The summed E-state index contributed by atoms with van der Waals surface area (Å²) in [6.07, 6.45) is 2.13. The molecule has 2 atom stereocenters. The minimum absolute atomic E-state index is 0.0720. The molecule has 0 amide bonds. The summed E-state index contributed by atoms with van der Waals surface area (Å²) in [5.41, 5.74) is 0.583. The maximum Gasteiger partial charge on any atom is 0.310 e. The summed E-state index contributed by atoms with van der Waals surface area (Å²) in [6.45, 7) is 0.0720. The van der Waals surface area contributed by atoms with Crippen molar-refractivity contribution in [3.8, 4) is 0 Å². The molecule has 1 aromatic heterocycles. The van der Waals surface area contributed by atoms with Crippen LogP contribution in [0.5, 0.6) is 0 Å². The Kier molecular flexibility index (Phi) is 3.68. The maximum absolute atomic E-state index is 13.6. The van der Waals surface area contributed by atoms with Gasteiger partial charge in [0.2, 0.25) is 0 Å². The highest BCUT2D eigenvalue weighted by molar-refractivity contribution is 6.29. The molecule has 1 aliphatic rings. The Morgan fingerprint density at radius 3 is 2.95 bits per heavy atom. The molecule has 2 unspecified atom stereocenters. The lowest BCUT2D eigenvalue weighted by atomic mass is 10.1. The minimum Gasteiger partial charge on any atom is -0.457 e. The van der Waals surface area contributed by atoms with Crippen molar-refractivity contribution in [2.75, 3.05) is 0 Å². The molecule has 0 saturated heterocycles. The van der Waals surface area contributed by atoms with Crippen molar-refractivity contribution in [3.05, 3.63) is 52.8 Å². The summed E-state index contributed by atoms with van der Waals surface area (Å²) >= 11 is 5.86. The normalized spacial score (nSPS) is 20.3. The van der Waals surface area contributed by atoms with Gasteiger partial charge in [-0.2, -0.15) is 0 Å². The highest BCUT2D eigenvalue weighted by Crippen LogP contribution is 2.48. The molecule has 1 aromatic carbocycles. The van der Waals surface area contributed by atoms with E-state index < -0.39 is 0 Å². The van der Waals surface area contributed by atoms with Gasteiger partial charge in [0, 0.05) is 13.0 Å². The fourth-order valence-electron chi connectivity index (χ4n) is 2.38. The average molecular weight is 309 g/mol. The molecule has 0 N–H and O–H groups in total. The largest absolute Gasteiger partial charge is 0.457 e. The van der Waals surface area contributed by atoms with Gasteiger partial charge in [-0.3, -0.25) is 4.79 Å². The monoisotopic (exact) mass is 308 g/mol. The highest BCUT2D eigenvalue weighted by atomic mass is 35.5. The van der Waals surface area contributed by atoms with Gasteiger partial charge in [0.15, 0.2) is 0 Å². The van der Waals surface area contributed by atoms with Crippen LogP contribution in [0.4, 0.5) is 4.39 Å². The summed E-state index contributed by atoms with van der Waals surface area (Å²) in [4.78, 5) is 16.0. The standard InChI is InChI=1S/C15H14ClFN2O2/c1-19-13(16)7-18-14(19)8-21-15(20)11-6-10(11)9-4-2-3-5-12(9)17/h2-5,7,10-11H,6,8H2,1H3. The van der Waals surface area contributed by atoms with E-state index in [0.29, 0.717) is 23.0 Å². The molecule has 3 rings (SSSR count). The number of rotatable bonds is 4. The second-order valence-corrected chi connectivity index (χ2v) is 5.52. The SMILES string of the molecule is Cn1c(Cl)cnc1COC(=O)C1CC1c1ccccc1F. The molecule has 6 heteroatoms. The molecule has 2 aromatic rings. The van der Waals surface area contributed by atoms with Gasteiger partial charge in [-0.15, -0.1) is 0 Å². The summed E-state index contributed by atoms with van der Waals surface area (Å²) < 4.78 is 20.5. The Balaban J connectivity index is 1.59. The van der Waals surface area contributed by atoms with E-state index in [1.165, 1.54) is 12.3 Å². The lowest BCUT2D eigenvalue weighted by molar-refractivity contribution is -0.146. The number of hydrogen-bond acceptors (Lipinski definition) is 3. The van der Waals surface area contributed by atoms with Gasteiger partial charge in [-0.1, -0.05) is 29.8 Å². The number of aromatic nitrogens is 2. The Hall–Kier alpha value is -1.88. The van der Waals surface area contributed by atoms with Gasteiger partial charge in [-0.05, 0) is 18.1 Å². The number of hydrogen-bond donors (Lipinski definition) is 0. The van der Waals surface area contributed by atoms with Gasteiger partial charge in [0.05, 0.1) is 12.1 Å². The second-order valence-electron chi connectivity index (χ2n) is 5.13. The first-order chi connectivity index (χ1) is 10.1. The third-order valence-corrected chi connectivity index (χ3v) is 4.12. The van der Waals surface area contributed by atoms with Crippen LogP contribution in [-0.2, 0) is 23.2 Å². The number of benzene rings is 1. The number of nitrogens with zero attached hydrogens (tertiary/aromatic N) is 2. The van der Waals surface area contributed by atoms with Crippen molar-refractivity contribution in [1.29, 1.82) is 0 Å². The van der Waals surface area contributed by atoms with E-state index in [-0.39, 0.29) is 30.2 Å². The van der Waals surface area contributed by atoms with Gasteiger partial charge in [0.25, 0.3) is 0 Å². The lowest BCUT2D eigenvalue weighted by Crippen LogP contribution is -2.10. The number of esters is 1. The summed E-state index contributed by atoms with van der Waals surface area (Å²) in [6, 6.07) is 6.53. The van der Waals surface area contributed by atoms with Crippen LogP contribution in [0.25, 0.3) is 0 Å². The van der Waals surface area contributed by atoms with Gasteiger partial charge < -0.3 is 9.30 Å². The Bertz CT molecular complexity index is 686. The summed E-state index contributed by atoms with van der Waals surface area (Å²) in [7, 11) is 1.75. The molecule has 1 saturated carbocycles. The first kappa shape index (κ1) is 14.1. The molecule has 0 radical (unpaired) electrons. The molecule has 0 aliphatic heterocycles. The molecular weight excluding hydrogens is 295 g/mol. The number of ether oxygens (including phenoxy) is 1. The molecule has 1 heterocycles. The Labute approximate surface area is 126 Å². The van der Waals surface area contributed by atoms with E-state index >= 15 is 0 Å². The quantitative estimate of drug-likeness (QED) is 0.815. The molecule has 21 heavy (non-hydrogen) atoms. The first-order valence-corrected chi connectivity index (χ1v) is 7.03. The number of carbonyl (C=O) groups excluding carboxylic acids is 1. The molecule has 1 fully saturated rings. The number of imidazole rings is 1. The van der Waals surface area contributed by atoms with Crippen LogP contribution in [0, 0.1) is 11.7 Å². The van der Waals surface area contributed by atoms with Gasteiger partial charge in [0.1, 0.15) is 23.4 Å². The number of carbonyl (C=O) groups is 1. The third kappa shape index (κ3) is 2.78. The van der Waals surface area contributed by atoms with E-state index in [4.69, 9.17) is 16.3 Å². The zero-order valence-corrected chi connectivity index (χ0v) is 12.2. The van der Waals surface area contributed by atoms with Crippen LogP contribution in [0.3, 0.4) is 0 Å². The van der Waals surface area contributed by atoms with Crippen molar-refractivity contribution in [2.45, 2.75) is 18.9 Å². The smallest absolute Gasteiger partial charge is 0.310 e. The van der Waals surface area contributed by atoms with Crippen molar-refractivity contribution in [1.82, 2.24) is 9.55 Å². The molecule has 4 nitrogen and oxygen atoms in total. The maximum atomic E-state index is 13.6. The van der Waals surface area contributed by atoms with Crippen LogP contribution in [0.1, 0.15) is 23.7 Å². The summed E-state index contributed by atoms with van der Waals surface area (Å²) in [5, 5.41) is 0.483. The zero-order valence-electron chi connectivity index (χ0n) is 11.4. The average Bonchev–Trinajstić information content (AvgIpc) is 3.20. The van der Waals surface area contributed by atoms with Gasteiger partial charge in [-0.25, -0.2) is 9.37 Å². The van der Waals surface area contributed by atoms with E-state index in [2.05, 4.69) is 4.98 Å². The number of halogens is 2. The fraction of sp³-hybridized carbons (Fsp3) is 0.333. The van der Waals surface area contributed by atoms with Crippen molar-refractivity contribution in [3.63, 3.8) is 0 Å². The Morgan fingerprint density at radius 2 is 2.29 bits per heavy atom. The molecule has 1 aliphatic carbocycles. The van der Waals surface area contributed by atoms with Crippen molar-refractivity contribution >= 4 is 17.6 Å². The Morgan fingerprint density at radius 1 is 1.52 bits per heavy atom. The van der Waals surface area contributed by atoms with Crippen LogP contribution >= 0.6 is 11.6 Å². The van der Waals surface area contributed by atoms with E-state index in [9.17, 15) is 9.18 Å². The van der Waals surface area contributed by atoms with Crippen molar-refractivity contribution in [2.24, 2.45) is 13.0 Å². The van der Waals surface area contributed by atoms with Crippen LogP contribution in [0.15, 0.2) is 30.5 Å². The van der Waals surface area contributed by atoms with Crippen LogP contribution in [-0.4, -0.2) is 15.5 Å². The highest BCUT2D eigenvalue weighted by Gasteiger charge is 2.46. The van der Waals surface area contributed by atoms with E-state index in [1.807, 2.05) is 0 Å². The minimum atomic E-state index is -0.317.